The van der Waals surface area contributed by atoms with Crippen LogP contribution in [-0.4, -0.2) is 33.2 Å². The smallest absolute Gasteiger partial charge is 0.241 e. The first-order valence-electron chi connectivity index (χ1n) is 6.47. The number of benzene rings is 1. The van der Waals surface area contributed by atoms with E-state index in [1.54, 1.807) is 18.2 Å². The highest BCUT2D eigenvalue weighted by Gasteiger charge is 2.20. The van der Waals surface area contributed by atoms with E-state index in [0.717, 1.165) is 19.4 Å². The maximum Gasteiger partial charge on any atom is 0.241 e. The highest BCUT2D eigenvalue weighted by molar-refractivity contribution is 7.89. The molecule has 0 spiro atoms. The first kappa shape index (κ1) is 15.4. The molecule has 0 radical (unpaired) electrons. The zero-order valence-electron chi connectivity index (χ0n) is 11.0. The normalized spacial score (nSPS) is 19.1. The van der Waals surface area contributed by atoms with Gasteiger partial charge in [-0.15, -0.1) is 0 Å². The second kappa shape index (κ2) is 6.62. The summed E-state index contributed by atoms with van der Waals surface area (Å²) in [5.74, 6) is 0.434. The van der Waals surface area contributed by atoms with E-state index in [1.807, 2.05) is 0 Å². The number of hydrogen-bond acceptors (Lipinski definition) is 4. The summed E-state index contributed by atoms with van der Waals surface area (Å²) in [6, 6.07) is 6.49. The average Bonchev–Trinajstić information content (AvgIpc) is 2.91. The van der Waals surface area contributed by atoms with Gasteiger partial charge in [0.2, 0.25) is 10.0 Å². The van der Waals surface area contributed by atoms with E-state index < -0.39 is 10.0 Å². The van der Waals surface area contributed by atoms with Crippen LogP contribution in [0.1, 0.15) is 18.4 Å². The molecule has 0 aromatic heterocycles. The van der Waals surface area contributed by atoms with E-state index in [-0.39, 0.29) is 9.88 Å². The molecule has 0 aliphatic carbocycles. The molecule has 3 N–H and O–H groups in total. The SMILES string of the molecule is NC(=S)c1ccccc1S(=O)(=O)NCCC1CCOC1. The Balaban J connectivity index is 2.04. The van der Waals surface area contributed by atoms with Crippen molar-refractivity contribution in [3.05, 3.63) is 29.8 Å². The number of thiocarbonyl (C=S) groups is 1. The molecule has 0 amide bonds. The summed E-state index contributed by atoms with van der Waals surface area (Å²) in [6.07, 6.45) is 1.76. The molecule has 0 bridgehead atoms. The van der Waals surface area contributed by atoms with E-state index in [2.05, 4.69) is 4.72 Å². The van der Waals surface area contributed by atoms with Crippen LogP contribution in [0.4, 0.5) is 0 Å². The van der Waals surface area contributed by atoms with Crippen LogP contribution in [0.3, 0.4) is 0 Å². The molecular formula is C13H18N2O3S2. The van der Waals surface area contributed by atoms with E-state index in [0.29, 0.717) is 24.6 Å². The summed E-state index contributed by atoms with van der Waals surface area (Å²) in [4.78, 5) is 0.213. The third-order valence-electron chi connectivity index (χ3n) is 3.31. The van der Waals surface area contributed by atoms with Crippen LogP contribution in [0, 0.1) is 5.92 Å². The number of hydrogen-bond donors (Lipinski definition) is 2. The molecule has 1 aromatic carbocycles. The van der Waals surface area contributed by atoms with Gasteiger partial charge in [-0.2, -0.15) is 0 Å². The summed E-state index contributed by atoms with van der Waals surface area (Å²) < 4.78 is 32.4. The summed E-state index contributed by atoms with van der Waals surface area (Å²) in [6.45, 7) is 1.87. The Labute approximate surface area is 124 Å². The van der Waals surface area contributed by atoms with Crippen LogP contribution in [0.15, 0.2) is 29.2 Å². The van der Waals surface area contributed by atoms with Crippen molar-refractivity contribution in [3.63, 3.8) is 0 Å². The Hall–Kier alpha value is -1.02. The van der Waals surface area contributed by atoms with Crippen molar-refractivity contribution in [2.45, 2.75) is 17.7 Å². The molecule has 1 aliphatic rings. The molecule has 5 nitrogen and oxygen atoms in total. The molecule has 1 unspecified atom stereocenters. The maximum absolute atomic E-state index is 12.3. The van der Waals surface area contributed by atoms with Gasteiger partial charge in [0.05, 0.1) is 4.90 Å². The van der Waals surface area contributed by atoms with Crippen LogP contribution >= 0.6 is 12.2 Å². The van der Waals surface area contributed by atoms with Crippen LogP contribution < -0.4 is 10.5 Å². The van der Waals surface area contributed by atoms with Crippen molar-refractivity contribution >= 4 is 27.2 Å². The van der Waals surface area contributed by atoms with Gasteiger partial charge in [0.15, 0.2) is 0 Å². The van der Waals surface area contributed by atoms with Gasteiger partial charge in [-0.05, 0) is 24.8 Å². The molecule has 1 atom stereocenters. The fraction of sp³-hybridized carbons (Fsp3) is 0.462. The summed E-state index contributed by atoms with van der Waals surface area (Å²) in [7, 11) is -3.59. The lowest BCUT2D eigenvalue weighted by atomic mass is 10.1. The van der Waals surface area contributed by atoms with Crippen molar-refractivity contribution in [3.8, 4) is 0 Å². The number of ether oxygens (including phenoxy) is 1. The van der Waals surface area contributed by atoms with Crippen LogP contribution in [0.25, 0.3) is 0 Å². The van der Waals surface area contributed by atoms with Gasteiger partial charge < -0.3 is 10.5 Å². The minimum Gasteiger partial charge on any atom is -0.389 e. The molecule has 1 heterocycles. The Morgan fingerprint density at radius 3 is 2.85 bits per heavy atom. The maximum atomic E-state index is 12.3. The lowest BCUT2D eigenvalue weighted by molar-refractivity contribution is 0.184. The molecule has 7 heteroatoms. The summed E-state index contributed by atoms with van der Waals surface area (Å²) in [5, 5.41) is 0. The van der Waals surface area contributed by atoms with Crippen LogP contribution in [0.5, 0.6) is 0 Å². The summed E-state index contributed by atoms with van der Waals surface area (Å²) >= 11 is 4.89. The molecule has 1 fully saturated rings. The first-order valence-corrected chi connectivity index (χ1v) is 8.36. The number of nitrogens with two attached hydrogens (primary N) is 1. The molecule has 1 aliphatic heterocycles. The van der Waals surface area contributed by atoms with Gasteiger partial charge >= 0.3 is 0 Å². The van der Waals surface area contributed by atoms with Crippen LogP contribution in [-0.2, 0) is 14.8 Å². The second-order valence-electron chi connectivity index (χ2n) is 4.78. The van der Waals surface area contributed by atoms with Crippen molar-refractivity contribution in [1.29, 1.82) is 0 Å². The Kier molecular flexibility index (Phi) is 5.09. The fourth-order valence-corrected chi connectivity index (χ4v) is 3.70. The lowest BCUT2D eigenvalue weighted by Gasteiger charge is -2.12. The van der Waals surface area contributed by atoms with Gasteiger partial charge in [-0.1, -0.05) is 30.4 Å². The van der Waals surface area contributed by atoms with Gasteiger partial charge in [-0.3, -0.25) is 0 Å². The van der Waals surface area contributed by atoms with E-state index in [9.17, 15) is 8.42 Å². The Morgan fingerprint density at radius 1 is 1.45 bits per heavy atom. The highest BCUT2D eigenvalue weighted by Crippen LogP contribution is 2.17. The standard InChI is InChI=1S/C13H18N2O3S2/c14-13(19)11-3-1-2-4-12(11)20(16,17)15-7-5-10-6-8-18-9-10/h1-4,10,15H,5-9H2,(H2,14,19). The largest absolute Gasteiger partial charge is 0.389 e. The average molecular weight is 314 g/mol. The van der Waals surface area contributed by atoms with Crippen molar-refractivity contribution < 1.29 is 13.2 Å². The lowest BCUT2D eigenvalue weighted by Crippen LogP contribution is -2.28. The predicted octanol–water partition coefficient (Wildman–Crippen LogP) is 1.03. The molecule has 2 rings (SSSR count). The van der Waals surface area contributed by atoms with E-state index in [1.165, 1.54) is 6.07 Å². The number of nitrogens with one attached hydrogen (secondary N) is 1. The Morgan fingerprint density at radius 2 is 2.20 bits per heavy atom. The van der Waals surface area contributed by atoms with Crippen molar-refractivity contribution in [1.82, 2.24) is 4.72 Å². The first-order chi connectivity index (χ1) is 9.50. The highest BCUT2D eigenvalue weighted by atomic mass is 32.2. The number of rotatable bonds is 6. The number of sulfonamides is 1. The Bertz CT molecular complexity index is 581. The monoisotopic (exact) mass is 314 g/mol. The predicted molar refractivity (Wildman–Crippen MR) is 81.1 cm³/mol. The third-order valence-corrected chi connectivity index (χ3v) is 5.05. The molecule has 20 heavy (non-hydrogen) atoms. The zero-order chi connectivity index (χ0) is 14.6. The molecule has 0 saturated carbocycles. The van der Waals surface area contributed by atoms with Gasteiger partial charge in [0.1, 0.15) is 4.99 Å². The topological polar surface area (TPSA) is 81.4 Å². The molecule has 110 valence electrons. The fourth-order valence-electron chi connectivity index (χ4n) is 2.19. The van der Waals surface area contributed by atoms with E-state index >= 15 is 0 Å². The second-order valence-corrected chi connectivity index (χ2v) is 6.95. The quantitative estimate of drug-likeness (QED) is 0.766. The summed E-state index contributed by atoms with van der Waals surface area (Å²) in [5.41, 5.74) is 5.94. The van der Waals surface area contributed by atoms with Gasteiger partial charge in [-0.25, -0.2) is 13.1 Å². The van der Waals surface area contributed by atoms with Gasteiger partial charge in [0, 0.05) is 25.3 Å². The third kappa shape index (κ3) is 3.76. The molecule has 1 saturated heterocycles. The van der Waals surface area contributed by atoms with Crippen LogP contribution in [0.2, 0.25) is 0 Å². The van der Waals surface area contributed by atoms with E-state index in [4.69, 9.17) is 22.7 Å². The van der Waals surface area contributed by atoms with Crippen molar-refractivity contribution in [2.24, 2.45) is 11.7 Å². The van der Waals surface area contributed by atoms with Gasteiger partial charge in [0.25, 0.3) is 0 Å². The minimum absolute atomic E-state index is 0.0789. The zero-order valence-corrected chi connectivity index (χ0v) is 12.7. The molecular weight excluding hydrogens is 296 g/mol. The van der Waals surface area contributed by atoms with Crippen molar-refractivity contribution in [2.75, 3.05) is 19.8 Å². The minimum atomic E-state index is -3.59. The molecule has 1 aromatic rings.